The van der Waals surface area contributed by atoms with Crippen molar-refractivity contribution in [2.75, 3.05) is 26.2 Å². The third-order valence-electron chi connectivity index (χ3n) is 6.75. The minimum atomic E-state index is -3.65. The molecule has 0 bridgehead atoms. The Kier molecular flexibility index (Phi) is 13.6. The second-order valence-electron chi connectivity index (χ2n) is 10.5. The number of nitrogens with zero attached hydrogens (tertiary/aromatic N) is 2. The first-order valence-electron chi connectivity index (χ1n) is 14.4. The Morgan fingerprint density at radius 3 is 2.02 bits per heavy atom. The number of nitrogens with one attached hydrogen (secondary N) is 2. The van der Waals surface area contributed by atoms with Crippen molar-refractivity contribution in [2.45, 2.75) is 71.3 Å². The molecule has 2 atom stereocenters. The molecule has 0 saturated heterocycles. The van der Waals surface area contributed by atoms with Gasteiger partial charge in [0.15, 0.2) is 0 Å². The lowest BCUT2D eigenvalue weighted by molar-refractivity contribution is 0.0634. The number of hydrogen-bond acceptors (Lipinski definition) is 7. The Hall–Kier alpha value is -3.32. The van der Waals surface area contributed by atoms with E-state index in [1.807, 2.05) is 44.2 Å². The number of carbonyl (C=O) groups excluding carboxylic acids is 3. The second kappa shape index (κ2) is 16.4. The van der Waals surface area contributed by atoms with Crippen molar-refractivity contribution in [1.29, 1.82) is 0 Å². The number of carbonyl (C=O) groups is 3. The standard InChI is InChI=1S/C30H45N5O6S/c1-6-14-34(15-7-2)30(39)25-18-23(28(31)37)17-24(19-25)29(38)32-26(16-22-12-10-9-11-13-22)27(36)20-35(8-3)33-42(40,41)21(4)5/h9-13,17-19,21,26-27,33,36H,6-8,14-16,20H2,1-5H3,(H2,31,37)(H,32,38). The Balaban J connectivity index is 2.41. The lowest BCUT2D eigenvalue weighted by Crippen LogP contribution is -2.54. The molecule has 0 aliphatic rings. The molecule has 2 rings (SSSR count). The van der Waals surface area contributed by atoms with Crippen LogP contribution in [0.5, 0.6) is 0 Å². The lowest BCUT2D eigenvalue weighted by atomic mass is 9.99. The van der Waals surface area contributed by atoms with Crippen LogP contribution in [-0.4, -0.2) is 84.7 Å². The van der Waals surface area contributed by atoms with E-state index in [-0.39, 0.29) is 42.1 Å². The van der Waals surface area contributed by atoms with E-state index in [4.69, 9.17) is 5.73 Å². The number of hydrogen-bond donors (Lipinski definition) is 4. The predicted molar refractivity (Wildman–Crippen MR) is 163 cm³/mol. The number of benzene rings is 2. The molecule has 42 heavy (non-hydrogen) atoms. The highest BCUT2D eigenvalue weighted by atomic mass is 32.2. The highest BCUT2D eigenvalue weighted by Crippen LogP contribution is 2.16. The number of hydrazine groups is 1. The second-order valence-corrected chi connectivity index (χ2v) is 12.7. The van der Waals surface area contributed by atoms with Gasteiger partial charge in [0, 0.05) is 42.9 Å². The van der Waals surface area contributed by atoms with Crippen LogP contribution in [-0.2, 0) is 16.4 Å². The van der Waals surface area contributed by atoms with Crippen LogP contribution in [0, 0.1) is 0 Å². The normalized spacial score (nSPS) is 13.1. The Morgan fingerprint density at radius 1 is 0.929 bits per heavy atom. The van der Waals surface area contributed by atoms with Crippen LogP contribution < -0.4 is 15.9 Å². The number of sulfonamides is 1. The number of aliphatic hydroxyl groups is 1. The van der Waals surface area contributed by atoms with E-state index >= 15 is 0 Å². The van der Waals surface area contributed by atoms with Crippen molar-refractivity contribution < 1.29 is 27.9 Å². The molecule has 0 spiro atoms. The third kappa shape index (κ3) is 10.2. The zero-order valence-electron chi connectivity index (χ0n) is 25.2. The molecule has 2 unspecified atom stereocenters. The average molecular weight is 604 g/mol. The molecule has 5 N–H and O–H groups in total. The summed E-state index contributed by atoms with van der Waals surface area (Å²) in [5.41, 5.74) is 6.60. The first kappa shape index (κ1) is 34.9. The molecule has 3 amide bonds. The highest BCUT2D eigenvalue weighted by Gasteiger charge is 2.28. The summed E-state index contributed by atoms with van der Waals surface area (Å²) in [6.07, 6.45) is 0.546. The maximum atomic E-state index is 13.6. The first-order valence-corrected chi connectivity index (χ1v) is 15.9. The van der Waals surface area contributed by atoms with Crippen LogP contribution in [0.25, 0.3) is 0 Å². The van der Waals surface area contributed by atoms with Crippen molar-refractivity contribution in [3.05, 3.63) is 70.8 Å². The van der Waals surface area contributed by atoms with Crippen LogP contribution in [0.3, 0.4) is 0 Å². The van der Waals surface area contributed by atoms with Gasteiger partial charge in [0.1, 0.15) is 0 Å². The first-order chi connectivity index (χ1) is 19.8. The fourth-order valence-electron chi connectivity index (χ4n) is 4.33. The molecular weight excluding hydrogens is 558 g/mol. The van der Waals surface area contributed by atoms with E-state index in [0.29, 0.717) is 13.1 Å². The summed E-state index contributed by atoms with van der Waals surface area (Å²) in [6, 6.07) is 12.5. The number of nitrogens with two attached hydrogens (primary N) is 1. The van der Waals surface area contributed by atoms with Gasteiger partial charge < -0.3 is 21.1 Å². The summed E-state index contributed by atoms with van der Waals surface area (Å²) >= 11 is 0. The monoisotopic (exact) mass is 603 g/mol. The Labute approximate surface area is 249 Å². The van der Waals surface area contributed by atoms with Crippen LogP contribution in [0.4, 0.5) is 0 Å². The predicted octanol–water partition coefficient (Wildman–Crippen LogP) is 2.31. The smallest absolute Gasteiger partial charge is 0.253 e. The summed E-state index contributed by atoms with van der Waals surface area (Å²) in [4.78, 5) is 43.2. The molecule has 11 nitrogen and oxygen atoms in total. The average Bonchev–Trinajstić information content (AvgIpc) is 2.95. The van der Waals surface area contributed by atoms with E-state index in [0.717, 1.165) is 18.4 Å². The van der Waals surface area contributed by atoms with E-state index in [2.05, 4.69) is 10.1 Å². The van der Waals surface area contributed by atoms with E-state index in [9.17, 15) is 27.9 Å². The molecule has 0 saturated carbocycles. The topological polar surface area (TPSA) is 162 Å². The SMILES string of the molecule is CCCN(CCC)C(=O)c1cc(C(N)=O)cc(C(=O)NC(Cc2ccccc2)C(O)CN(CC)NS(=O)(=O)C(C)C)c1. The van der Waals surface area contributed by atoms with Crippen molar-refractivity contribution in [3.8, 4) is 0 Å². The minimum absolute atomic E-state index is 0.0133. The van der Waals surface area contributed by atoms with Crippen LogP contribution in [0.2, 0.25) is 0 Å². The summed E-state index contributed by atoms with van der Waals surface area (Å²) in [5.74, 6) is -1.71. The van der Waals surface area contributed by atoms with Crippen molar-refractivity contribution in [1.82, 2.24) is 20.1 Å². The van der Waals surface area contributed by atoms with Gasteiger partial charge in [0.2, 0.25) is 15.9 Å². The lowest BCUT2D eigenvalue weighted by Gasteiger charge is -2.30. The largest absolute Gasteiger partial charge is 0.390 e. The minimum Gasteiger partial charge on any atom is -0.390 e. The van der Waals surface area contributed by atoms with Crippen molar-refractivity contribution >= 4 is 27.7 Å². The van der Waals surface area contributed by atoms with E-state index in [1.165, 1.54) is 23.2 Å². The number of aliphatic hydroxyl groups excluding tert-OH is 1. The van der Waals surface area contributed by atoms with Gasteiger partial charge in [-0.05, 0) is 56.9 Å². The van der Waals surface area contributed by atoms with Gasteiger partial charge in [-0.15, -0.1) is 4.83 Å². The Bertz CT molecular complexity index is 1300. The molecular formula is C30H45N5O6S. The van der Waals surface area contributed by atoms with Gasteiger partial charge in [-0.1, -0.05) is 51.1 Å². The van der Waals surface area contributed by atoms with Gasteiger partial charge in [-0.25, -0.2) is 13.4 Å². The number of amides is 3. The third-order valence-corrected chi connectivity index (χ3v) is 8.50. The number of rotatable bonds is 17. The molecule has 2 aromatic carbocycles. The zero-order valence-corrected chi connectivity index (χ0v) is 26.0. The fraction of sp³-hybridized carbons (Fsp3) is 0.500. The summed E-state index contributed by atoms with van der Waals surface area (Å²) in [5, 5.41) is 14.8. The molecule has 0 aliphatic carbocycles. The van der Waals surface area contributed by atoms with E-state index in [1.54, 1.807) is 25.7 Å². The van der Waals surface area contributed by atoms with Crippen LogP contribution in [0.1, 0.15) is 84.1 Å². The van der Waals surface area contributed by atoms with Gasteiger partial charge in [0.25, 0.3) is 11.8 Å². The number of primary amides is 1. The molecule has 12 heteroatoms. The highest BCUT2D eigenvalue weighted by molar-refractivity contribution is 7.90. The van der Waals surface area contributed by atoms with Crippen LogP contribution in [0.15, 0.2) is 48.5 Å². The summed E-state index contributed by atoms with van der Waals surface area (Å²) in [7, 11) is -3.65. The molecule has 0 heterocycles. The quantitative estimate of drug-likeness (QED) is 0.202. The van der Waals surface area contributed by atoms with Crippen molar-refractivity contribution in [2.24, 2.45) is 5.73 Å². The van der Waals surface area contributed by atoms with Gasteiger partial charge >= 0.3 is 0 Å². The summed E-state index contributed by atoms with van der Waals surface area (Å²) in [6.45, 7) is 9.97. The molecule has 0 aliphatic heterocycles. The molecule has 0 fully saturated rings. The van der Waals surface area contributed by atoms with Gasteiger partial charge in [0.05, 0.1) is 17.4 Å². The molecule has 0 radical (unpaired) electrons. The fourth-order valence-corrected chi connectivity index (χ4v) is 5.11. The number of likely N-dealkylation sites (N-methyl/N-ethyl adjacent to an activating group) is 1. The maximum Gasteiger partial charge on any atom is 0.253 e. The summed E-state index contributed by atoms with van der Waals surface area (Å²) < 4.78 is 24.9. The van der Waals surface area contributed by atoms with Gasteiger partial charge in [-0.2, -0.15) is 0 Å². The molecule has 2 aromatic rings. The van der Waals surface area contributed by atoms with E-state index < -0.39 is 39.2 Å². The van der Waals surface area contributed by atoms with Gasteiger partial charge in [-0.3, -0.25) is 14.4 Å². The van der Waals surface area contributed by atoms with Crippen LogP contribution >= 0.6 is 0 Å². The Morgan fingerprint density at radius 2 is 1.50 bits per heavy atom. The molecule has 232 valence electrons. The van der Waals surface area contributed by atoms with Crippen molar-refractivity contribution in [3.63, 3.8) is 0 Å². The maximum absolute atomic E-state index is 13.6. The molecule has 0 aromatic heterocycles. The zero-order chi connectivity index (χ0) is 31.4.